The van der Waals surface area contributed by atoms with Gasteiger partial charge in [-0.05, 0) is 41.8 Å². The summed E-state index contributed by atoms with van der Waals surface area (Å²) in [6.07, 6.45) is 2.52. The molecule has 2 aliphatic heterocycles. The van der Waals surface area contributed by atoms with Crippen LogP contribution in [0.1, 0.15) is 36.3 Å². The first-order valence-electron chi connectivity index (χ1n) is 13.6. The van der Waals surface area contributed by atoms with Crippen molar-refractivity contribution in [2.24, 2.45) is 5.92 Å². The number of aromatic nitrogens is 1. The van der Waals surface area contributed by atoms with Crippen molar-refractivity contribution < 1.29 is 18.4 Å². The molecule has 0 bridgehead atoms. The molecular formula is C30H34ClF2N5O2. The molecule has 10 heteroatoms. The highest BCUT2D eigenvalue weighted by Gasteiger charge is 2.27. The number of carbonyl (C=O) groups is 2. The van der Waals surface area contributed by atoms with Crippen LogP contribution in [0.2, 0.25) is 5.02 Å². The van der Waals surface area contributed by atoms with Crippen LogP contribution in [0.15, 0.2) is 30.3 Å². The maximum Gasteiger partial charge on any atom is 0.269 e. The number of H-pyrrole nitrogens is 1. The van der Waals surface area contributed by atoms with E-state index in [1.54, 1.807) is 37.2 Å². The van der Waals surface area contributed by atoms with Crippen LogP contribution >= 0.6 is 11.6 Å². The molecule has 2 aromatic carbocycles. The molecule has 0 saturated carbocycles. The van der Waals surface area contributed by atoms with Crippen molar-refractivity contribution in [3.63, 3.8) is 0 Å². The second-order valence-electron chi connectivity index (χ2n) is 10.9. The van der Waals surface area contributed by atoms with Gasteiger partial charge >= 0.3 is 0 Å². The number of anilines is 1. The van der Waals surface area contributed by atoms with Gasteiger partial charge in [0.15, 0.2) is 5.82 Å². The Balaban J connectivity index is 1.67. The lowest BCUT2D eigenvalue weighted by Crippen LogP contribution is -2.43. The van der Waals surface area contributed by atoms with Gasteiger partial charge in [-0.25, -0.2) is 8.78 Å². The summed E-state index contributed by atoms with van der Waals surface area (Å²) < 4.78 is 31.8. The number of carbonyl (C=O) groups excluding carboxylic acids is 2. The van der Waals surface area contributed by atoms with E-state index in [-0.39, 0.29) is 41.1 Å². The number of rotatable bonds is 5. The highest BCUT2D eigenvalue weighted by Crippen LogP contribution is 2.41. The van der Waals surface area contributed by atoms with Gasteiger partial charge in [0.25, 0.3) is 5.91 Å². The Morgan fingerprint density at radius 1 is 1.00 bits per heavy atom. The van der Waals surface area contributed by atoms with E-state index in [0.29, 0.717) is 58.9 Å². The number of piperazine rings is 1. The van der Waals surface area contributed by atoms with Crippen LogP contribution in [0, 0.1) is 17.6 Å². The van der Waals surface area contributed by atoms with Gasteiger partial charge in [-0.2, -0.15) is 0 Å². The van der Waals surface area contributed by atoms with Crippen LogP contribution in [-0.2, 0) is 4.79 Å². The molecule has 212 valence electrons. The van der Waals surface area contributed by atoms with Crippen molar-refractivity contribution in [2.75, 3.05) is 58.3 Å². The minimum Gasteiger partial charge on any atom is -0.367 e. The van der Waals surface area contributed by atoms with E-state index in [9.17, 15) is 9.59 Å². The zero-order valence-electron chi connectivity index (χ0n) is 23.2. The quantitative estimate of drug-likeness (QED) is 0.446. The second-order valence-corrected chi connectivity index (χ2v) is 11.3. The number of halogens is 3. The molecule has 0 unspecified atom stereocenters. The summed E-state index contributed by atoms with van der Waals surface area (Å²) >= 11 is 6.80. The molecular weight excluding hydrogens is 536 g/mol. The van der Waals surface area contributed by atoms with Crippen molar-refractivity contribution in [3.05, 3.63) is 58.3 Å². The van der Waals surface area contributed by atoms with Crippen molar-refractivity contribution >= 4 is 45.6 Å². The first kappa shape index (κ1) is 28.1. The van der Waals surface area contributed by atoms with Crippen LogP contribution in [-0.4, -0.2) is 80.0 Å². The third-order valence-corrected chi connectivity index (χ3v) is 7.89. The van der Waals surface area contributed by atoms with Gasteiger partial charge in [0, 0.05) is 75.8 Å². The molecule has 0 radical (unpaired) electrons. The summed E-state index contributed by atoms with van der Waals surface area (Å²) in [6.45, 7) is 7.31. The summed E-state index contributed by atoms with van der Waals surface area (Å²) in [5, 5.41) is 4.01. The zero-order valence-corrected chi connectivity index (χ0v) is 24.0. The van der Waals surface area contributed by atoms with Crippen molar-refractivity contribution in [2.45, 2.75) is 20.3 Å². The largest absolute Gasteiger partial charge is 0.367 e. The lowest BCUT2D eigenvalue weighted by molar-refractivity contribution is -0.133. The Morgan fingerprint density at radius 3 is 2.40 bits per heavy atom. The Bertz CT molecular complexity index is 1510. The van der Waals surface area contributed by atoms with E-state index in [0.717, 1.165) is 13.1 Å². The van der Waals surface area contributed by atoms with Gasteiger partial charge < -0.3 is 25.0 Å². The fourth-order valence-corrected chi connectivity index (χ4v) is 5.72. The Morgan fingerprint density at radius 2 is 1.73 bits per heavy atom. The zero-order chi connectivity index (χ0) is 28.7. The predicted molar refractivity (Wildman–Crippen MR) is 156 cm³/mol. The number of fused-ring (bicyclic) bond motifs is 1. The molecule has 0 spiro atoms. The highest BCUT2D eigenvalue weighted by atomic mass is 35.5. The highest BCUT2D eigenvalue weighted by molar-refractivity contribution is 6.34. The van der Waals surface area contributed by atoms with Crippen LogP contribution < -0.4 is 10.2 Å². The minimum absolute atomic E-state index is 0.000309. The fraction of sp³-hybridized carbons (Fsp3) is 0.400. The number of benzene rings is 2. The minimum atomic E-state index is -0.532. The summed E-state index contributed by atoms with van der Waals surface area (Å²) in [5.74, 6) is -1.46. The average molecular weight is 570 g/mol. The van der Waals surface area contributed by atoms with Crippen LogP contribution in [0.3, 0.4) is 0 Å². The molecule has 1 saturated heterocycles. The lowest BCUT2D eigenvalue weighted by atomic mass is 9.92. The van der Waals surface area contributed by atoms with Crippen molar-refractivity contribution in [1.82, 2.24) is 20.1 Å². The Hall–Kier alpha value is -3.43. The second kappa shape index (κ2) is 11.2. The fourth-order valence-electron chi connectivity index (χ4n) is 5.46. The topological polar surface area (TPSA) is 71.7 Å². The summed E-state index contributed by atoms with van der Waals surface area (Å²) in [5.41, 5.74) is 2.61. The Kier molecular flexibility index (Phi) is 7.88. The number of amides is 2. The van der Waals surface area contributed by atoms with E-state index in [1.165, 1.54) is 11.0 Å². The molecule has 7 nitrogen and oxygen atoms in total. The molecule has 3 heterocycles. The monoisotopic (exact) mass is 569 g/mol. The number of nitrogens with one attached hydrogen (secondary N) is 2. The summed E-state index contributed by atoms with van der Waals surface area (Å²) in [4.78, 5) is 33.6. The molecule has 1 fully saturated rings. The van der Waals surface area contributed by atoms with Gasteiger partial charge in [0.2, 0.25) is 5.91 Å². The maximum absolute atomic E-state index is 16.2. The van der Waals surface area contributed by atoms with E-state index in [4.69, 9.17) is 11.6 Å². The van der Waals surface area contributed by atoms with E-state index >= 15 is 8.78 Å². The first-order chi connectivity index (χ1) is 19.1. The number of nitrogens with zero attached hydrogens (tertiary/aromatic N) is 3. The van der Waals surface area contributed by atoms with Gasteiger partial charge in [0.05, 0.1) is 16.2 Å². The number of aromatic amines is 1. The third kappa shape index (κ3) is 5.20. The first-order valence-corrected chi connectivity index (χ1v) is 13.9. The third-order valence-electron chi connectivity index (χ3n) is 7.58. The summed E-state index contributed by atoms with van der Waals surface area (Å²) in [6, 6.07) is 6.26. The smallest absolute Gasteiger partial charge is 0.269 e. The average Bonchev–Trinajstić information content (AvgIpc) is 3.40. The van der Waals surface area contributed by atoms with E-state index in [2.05, 4.69) is 10.3 Å². The number of hydrogen-bond donors (Lipinski definition) is 2. The normalized spacial score (nSPS) is 16.1. The van der Waals surface area contributed by atoms with E-state index in [1.807, 2.05) is 24.8 Å². The maximum atomic E-state index is 16.2. The molecule has 40 heavy (non-hydrogen) atoms. The van der Waals surface area contributed by atoms with Crippen molar-refractivity contribution in [1.29, 1.82) is 0 Å². The van der Waals surface area contributed by atoms with Gasteiger partial charge in [0.1, 0.15) is 11.5 Å². The van der Waals surface area contributed by atoms with Crippen molar-refractivity contribution in [3.8, 4) is 11.1 Å². The molecule has 0 atom stereocenters. The standard InChI is InChI=1S/C30H34ClF2N5O2/c1-17(2)29(39)38-9-5-6-18(16-38)19-12-20(22-14-25(30(40)36(3)4)35-28(22)27(19)33)21-13-24(32)26(15-23(21)31)37-10-7-34-8-11-37/h6,12-15,17,34-35H,5,7-11,16H2,1-4H3. The molecule has 2 aliphatic rings. The SMILES string of the molecule is CC(C)C(=O)N1CCC=C(c2cc(-c3cc(F)c(N4CCNCC4)cc3Cl)c3cc(C(=O)N(C)C)[nH]c3c2F)C1. The van der Waals surface area contributed by atoms with Crippen LogP contribution in [0.5, 0.6) is 0 Å². The predicted octanol–water partition coefficient (Wildman–Crippen LogP) is 5.15. The molecule has 3 aromatic rings. The molecule has 2 amide bonds. The van der Waals surface area contributed by atoms with Gasteiger partial charge in [-0.3, -0.25) is 9.59 Å². The number of hydrogen-bond acceptors (Lipinski definition) is 4. The van der Waals surface area contributed by atoms with Crippen LogP contribution in [0.25, 0.3) is 27.6 Å². The lowest BCUT2D eigenvalue weighted by Gasteiger charge is -2.30. The molecule has 0 aliphatic carbocycles. The van der Waals surface area contributed by atoms with Gasteiger partial charge in [-0.15, -0.1) is 0 Å². The van der Waals surface area contributed by atoms with Gasteiger partial charge in [-0.1, -0.05) is 31.5 Å². The van der Waals surface area contributed by atoms with Crippen LogP contribution in [0.4, 0.5) is 14.5 Å². The summed E-state index contributed by atoms with van der Waals surface area (Å²) in [7, 11) is 3.23. The molecule has 5 rings (SSSR count). The molecule has 2 N–H and O–H groups in total. The molecule has 1 aromatic heterocycles. The van der Waals surface area contributed by atoms with E-state index < -0.39 is 11.6 Å². The Labute approximate surface area is 237 Å².